The Bertz CT molecular complexity index is 391. The lowest BCUT2D eigenvalue weighted by molar-refractivity contribution is -0.139. The highest BCUT2D eigenvalue weighted by Gasteiger charge is 2.50. The molecule has 0 amide bonds. The van der Waals surface area contributed by atoms with Crippen LogP contribution in [0.5, 0.6) is 0 Å². The summed E-state index contributed by atoms with van der Waals surface area (Å²) in [6, 6.07) is 0. The molecule has 20 heavy (non-hydrogen) atoms. The fraction of sp³-hybridized carbons (Fsp3) is 0.706. The van der Waals surface area contributed by atoms with E-state index in [1.54, 1.807) is 0 Å². The molecular formula is C17H28O3. The second-order valence-corrected chi connectivity index (χ2v) is 6.13. The van der Waals surface area contributed by atoms with Crippen LogP contribution in [0.4, 0.5) is 0 Å². The summed E-state index contributed by atoms with van der Waals surface area (Å²) < 4.78 is 10.7. The molecule has 0 aliphatic carbocycles. The van der Waals surface area contributed by atoms with Crippen molar-refractivity contribution >= 4 is 5.97 Å². The van der Waals surface area contributed by atoms with Gasteiger partial charge in [-0.3, -0.25) is 4.79 Å². The molecule has 0 saturated carbocycles. The maximum atomic E-state index is 10.7. The third kappa shape index (κ3) is 6.38. The van der Waals surface area contributed by atoms with Crippen LogP contribution >= 0.6 is 0 Å². The van der Waals surface area contributed by atoms with Crippen LogP contribution in [0.25, 0.3) is 0 Å². The minimum atomic E-state index is -0.230. The molecule has 1 fully saturated rings. The molecule has 3 nitrogen and oxygen atoms in total. The van der Waals surface area contributed by atoms with E-state index in [1.807, 2.05) is 6.08 Å². The number of ether oxygens (including phenoxy) is 2. The second kappa shape index (κ2) is 7.63. The molecule has 0 bridgehead atoms. The first-order chi connectivity index (χ1) is 9.33. The summed E-state index contributed by atoms with van der Waals surface area (Å²) in [4.78, 5) is 10.7. The van der Waals surface area contributed by atoms with Crippen molar-refractivity contribution in [3.8, 4) is 0 Å². The summed E-state index contributed by atoms with van der Waals surface area (Å²) in [5, 5.41) is 0. The standard InChI is InChI=1S/C17H28O3/c1-13(2)7-6-11-17(5)16(20-17)9-8-14(3)10-12-19-15(4)18/h7,10,16H,6,8-9,11-12H2,1-5H3/b14-10+. The highest BCUT2D eigenvalue weighted by molar-refractivity contribution is 5.66. The van der Waals surface area contributed by atoms with E-state index < -0.39 is 0 Å². The third-order valence-electron chi connectivity index (χ3n) is 3.75. The van der Waals surface area contributed by atoms with E-state index in [2.05, 4.69) is 33.8 Å². The van der Waals surface area contributed by atoms with Crippen molar-refractivity contribution in [2.45, 2.75) is 72.0 Å². The molecule has 0 spiro atoms. The number of epoxide rings is 1. The molecule has 0 aromatic heterocycles. The Labute approximate surface area is 123 Å². The van der Waals surface area contributed by atoms with E-state index in [0.717, 1.165) is 25.7 Å². The van der Waals surface area contributed by atoms with Crippen LogP contribution in [0.1, 0.15) is 60.3 Å². The topological polar surface area (TPSA) is 38.8 Å². The van der Waals surface area contributed by atoms with Gasteiger partial charge < -0.3 is 9.47 Å². The highest BCUT2D eigenvalue weighted by atomic mass is 16.6. The molecule has 0 aromatic rings. The molecule has 1 saturated heterocycles. The Hall–Kier alpha value is -1.09. The van der Waals surface area contributed by atoms with E-state index in [4.69, 9.17) is 9.47 Å². The average Bonchev–Trinajstić information content (AvgIpc) is 2.96. The van der Waals surface area contributed by atoms with Crippen molar-refractivity contribution in [3.63, 3.8) is 0 Å². The molecule has 0 radical (unpaired) electrons. The number of esters is 1. The zero-order valence-electron chi connectivity index (χ0n) is 13.5. The van der Waals surface area contributed by atoms with Gasteiger partial charge in [-0.2, -0.15) is 0 Å². The number of rotatable bonds is 8. The van der Waals surface area contributed by atoms with Gasteiger partial charge in [0.25, 0.3) is 0 Å². The van der Waals surface area contributed by atoms with Gasteiger partial charge >= 0.3 is 5.97 Å². The van der Waals surface area contributed by atoms with Gasteiger partial charge in [0.1, 0.15) is 6.61 Å². The Morgan fingerprint density at radius 3 is 2.55 bits per heavy atom. The van der Waals surface area contributed by atoms with Crippen LogP contribution in [0, 0.1) is 0 Å². The van der Waals surface area contributed by atoms with E-state index in [0.29, 0.717) is 12.7 Å². The van der Waals surface area contributed by atoms with Crippen molar-refractivity contribution in [1.29, 1.82) is 0 Å². The first kappa shape index (κ1) is 17.0. The Kier molecular flexibility index (Phi) is 6.47. The van der Waals surface area contributed by atoms with Crippen LogP contribution < -0.4 is 0 Å². The van der Waals surface area contributed by atoms with E-state index in [9.17, 15) is 4.79 Å². The third-order valence-corrected chi connectivity index (χ3v) is 3.75. The second-order valence-electron chi connectivity index (χ2n) is 6.13. The quantitative estimate of drug-likeness (QED) is 0.380. The SMILES string of the molecule is CC(=O)OC/C=C(\C)CCC1OC1(C)CCC=C(C)C. The average molecular weight is 280 g/mol. The molecule has 2 atom stereocenters. The summed E-state index contributed by atoms with van der Waals surface area (Å²) >= 11 is 0. The van der Waals surface area contributed by atoms with E-state index in [-0.39, 0.29) is 11.6 Å². The predicted molar refractivity (Wildman–Crippen MR) is 81.6 cm³/mol. The molecule has 114 valence electrons. The summed E-state index contributed by atoms with van der Waals surface area (Å²) in [7, 11) is 0. The fourth-order valence-electron chi connectivity index (χ4n) is 2.28. The van der Waals surface area contributed by atoms with Crippen molar-refractivity contribution in [2.24, 2.45) is 0 Å². The van der Waals surface area contributed by atoms with Gasteiger partial charge in [0.2, 0.25) is 0 Å². The molecule has 3 heteroatoms. The van der Waals surface area contributed by atoms with Crippen LogP contribution in [-0.4, -0.2) is 24.3 Å². The van der Waals surface area contributed by atoms with Crippen LogP contribution in [0.2, 0.25) is 0 Å². The van der Waals surface area contributed by atoms with Gasteiger partial charge in [0.05, 0.1) is 11.7 Å². The molecule has 0 aromatic carbocycles. The summed E-state index contributed by atoms with van der Waals surface area (Å²) in [6.07, 6.45) is 8.87. The number of carbonyl (C=O) groups is 1. The number of allylic oxidation sites excluding steroid dienone is 3. The first-order valence-corrected chi connectivity index (χ1v) is 7.43. The molecule has 1 aliphatic rings. The minimum Gasteiger partial charge on any atom is -0.462 e. The van der Waals surface area contributed by atoms with Gasteiger partial charge in [0, 0.05) is 6.92 Å². The van der Waals surface area contributed by atoms with Crippen molar-refractivity contribution in [3.05, 3.63) is 23.3 Å². The molecule has 1 rings (SSSR count). The van der Waals surface area contributed by atoms with Gasteiger partial charge in [-0.15, -0.1) is 0 Å². The number of carbonyl (C=O) groups excluding carboxylic acids is 1. The van der Waals surface area contributed by atoms with E-state index >= 15 is 0 Å². The van der Waals surface area contributed by atoms with Gasteiger partial charge in [-0.1, -0.05) is 17.2 Å². The van der Waals surface area contributed by atoms with Crippen molar-refractivity contribution < 1.29 is 14.3 Å². The number of hydrogen-bond acceptors (Lipinski definition) is 3. The Morgan fingerprint density at radius 2 is 1.95 bits per heavy atom. The Balaban J connectivity index is 2.20. The molecule has 1 heterocycles. The van der Waals surface area contributed by atoms with Gasteiger partial charge in [-0.25, -0.2) is 0 Å². The first-order valence-electron chi connectivity index (χ1n) is 7.43. The smallest absolute Gasteiger partial charge is 0.302 e. The summed E-state index contributed by atoms with van der Waals surface area (Å²) in [6.45, 7) is 10.3. The van der Waals surface area contributed by atoms with E-state index in [1.165, 1.54) is 18.1 Å². The minimum absolute atomic E-state index is 0.0715. The van der Waals surface area contributed by atoms with Gasteiger partial charge in [0.15, 0.2) is 0 Å². The van der Waals surface area contributed by atoms with Crippen LogP contribution in [0.15, 0.2) is 23.3 Å². The van der Waals surface area contributed by atoms with Crippen LogP contribution in [0.3, 0.4) is 0 Å². The summed E-state index contributed by atoms with van der Waals surface area (Å²) in [5.41, 5.74) is 2.70. The normalized spacial score (nSPS) is 25.2. The van der Waals surface area contributed by atoms with Crippen LogP contribution in [-0.2, 0) is 14.3 Å². The lowest BCUT2D eigenvalue weighted by Gasteiger charge is -2.05. The zero-order chi connectivity index (χ0) is 15.2. The molecular weight excluding hydrogens is 252 g/mol. The fourth-order valence-corrected chi connectivity index (χ4v) is 2.28. The lowest BCUT2D eigenvalue weighted by Crippen LogP contribution is -2.09. The lowest BCUT2D eigenvalue weighted by atomic mass is 9.96. The maximum Gasteiger partial charge on any atom is 0.302 e. The van der Waals surface area contributed by atoms with Crippen molar-refractivity contribution in [2.75, 3.05) is 6.61 Å². The Morgan fingerprint density at radius 1 is 1.25 bits per heavy atom. The predicted octanol–water partition coefficient (Wildman–Crippen LogP) is 4.18. The molecule has 2 unspecified atom stereocenters. The zero-order valence-corrected chi connectivity index (χ0v) is 13.5. The summed E-state index contributed by atoms with van der Waals surface area (Å²) in [5.74, 6) is -0.230. The van der Waals surface area contributed by atoms with Gasteiger partial charge in [-0.05, 0) is 59.5 Å². The molecule has 0 N–H and O–H groups in total. The molecule has 1 aliphatic heterocycles. The van der Waals surface area contributed by atoms with Crippen molar-refractivity contribution in [1.82, 2.24) is 0 Å². The maximum absolute atomic E-state index is 10.7. The number of hydrogen-bond donors (Lipinski definition) is 0. The highest BCUT2D eigenvalue weighted by Crippen LogP contribution is 2.43. The largest absolute Gasteiger partial charge is 0.462 e. The monoisotopic (exact) mass is 280 g/mol.